The van der Waals surface area contributed by atoms with Gasteiger partial charge >= 0.3 is 0 Å². The highest BCUT2D eigenvalue weighted by atomic mass is 32.2. The molecule has 0 bridgehead atoms. The first-order valence-corrected chi connectivity index (χ1v) is 27.7. The van der Waals surface area contributed by atoms with Gasteiger partial charge in [-0.05, 0) is 93.0 Å². The molecule has 3 aliphatic rings. The molecule has 54 heavy (non-hydrogen) atoms. The fourth-order valence-electron chi connectivity index (χ4n) is 7.46. The normalized spacial score (nSPS) is 30.5. The standard InChI is InChI=1S/C42H74O9SSi2/c1-29-23-31(21-22-32(51-54(14,15)41(6,7)8)27-47-53(12,13)40(3,4)5)48-36(30(29)2)25-37-35(28-52(43,44)34-19-17-16-18-20-34)39(45-11)38(49-37)24-33-26-46-42(9,10)50-33/h16-20,29,31-33,35-39H,2,21-28H2,1,3-15H3/t29-,31+,32?,33?,35+,36?,37+,38-,39-/m1/s1. The lowest BCUT2D eigenvalue weighted by atomic mass is 9.83. The van der Waals surface area contributed by atoms with Crippen LogP contribution in [-0.2, 0) is 42.4 Å². The van der Waals surface area contributed by atoms with Crippen LogP contribution >= 0.6 is 0 Å². The first-order valence-electron chi connectivity index (χ1n) is 20.2. The third-order valence-electron chi connectivity index (χ3n) is 12.9. The van der Waals surface area contributed by atoms with Gasteiger partial charge in [-0.25, -0.2) is 8.42 Å². The summed E-state index contributed by atoms with van der Waals surface area (Å²) in [5, 5.41) is 0.192. The molecule has 0 aliphatic carbocycles. The van der Waals surface area contributed by atoms with Crippen LogP contribution < -0.4 is 0 Å². The summed E-state index contributed by atoms with van der Waals surface area (Å²) in [5.41, 5.74) is 1.03. The quantitative estimate of drug-likeness (QED) is 0.120. The maximum Gasteiger partial charge on any atom is 0.192 e. The van der Waals surface area contributed by atoms with Gasteiger partial charge in [0.05, 0.1) is 66.6 Å². The van der Waals surface area contributed by atoms with E-state index in [1.807, 2.05) is 19.9 Å². The maximum absolute atomic E-state index is 13.9. The molecule has 1 aromatic carbocycles. The Kier molecular flexibility index (Phi) is 14.8. The van der Waals surface area contributed by atoms with Gasteiger partial charge < -0.3 is 32.5 Å². The number of methoxy groups -OCH3 is 1. The van der Waals surface area contributed by atoms with Crippen LogP contribution in [0.2, 0.25) is 36.3 Å². The summed E-state index contributed by atoms with van der Waals surface area (Å²) >= 11 is 0. The van der Waals surface area contributed by atoms with Crippen molar-refractivity contribution in [2.45, 2.75) is 184 Å². The van der Waals surface area contributed by atoms with E-state index in [2.05, 4.69) is 81.2 Å². The van der Waals surface area contributed by atoms with Crippen LogP contribution in [0.4, 0.5) is 0 Å². The van der Waals surface area contributed by atoms with Crippen LogP contribution in [0.25, 0.3) is 0 Å². The summed E-state index contributed by atoms with van der Waals surface area (Å²) in [6, 6.07) is 8.65. The molecule has 3 aliphatic heterocycles. The average molecular weight is 811 g/mol. The van der Waals surface area contributed by atoms with Gasteiger partial charge in [0.1, 0.15) is 0 Å². The summed E-state index contributed by atoms with van der Waals surface area (Å²) in [4.78, 5) is 0.301. The van der Waals surface area contributed by atoms with Crippen molar-refractivity contribution in [3.63, 3.8) is 0 Å². The molecule has 4 rings (SSSR count). The molecule has 3 fully saturated rings. The van der Waals surface area contributed by atoms with Crippen LogP contribution in [0.5, 0.6) is 0 Å². The molecule has 0 amide bonds. The Morgan fingerprint density at radius 2 is 1.56 bits per heavy atom. The second-order valence-corrected chi connectivity index (χ2v) is 31.3. The van der Waals surface area contributed by atoms with Crippen LogP contribution in [0.3, 0.4) is 0 Å². The van der Waals surface area contributed by atoms with Crippen LogP contribution in [-0.4, -0.2) is 99.6 Å². The van der Waals surface area contributed by atoms with Crippen molar-refractivity contribution in [1.82, 2.24) is 0 Å². The summed E-state index contributed by atoms with van der Waals surface area (Å²) in [6.07, 6.45) is 1.87. The first kappa shape index (κ1) is 45.8. The molecule has 0 spiro atoms. The van der Waals surface area contributed by atoms with Crippen LogP contribution in [0.1, 0.15) is 94.4 Å². The van der Waals surface area contributed by atoms with Gasteiger partial charge in [-0.2, -0.15) is 0 Å². The Morgan fingerprint density at radius 3 is 2.11 bits per heavy atom. The smallest absolute Gasteiger partial charge is 0.192 e. The third kappa shape index (κ3) is 11.6. The predicted octanol–water partition coefficient (Wildman–Crippen LogP) is 9.33. The van der Waals surface area contributed by atoms with Gasteiger partial charge in [0, 0.05) is 25.9 Å². The van der Waals surface area contributed by atoms with Gasteiger partial charge in [-0.1, -0.05) is 73.2 Å². The Bertz CT molecular complexity index is 1480. The Balaban J connectivity index is 1.53. The van der Waals surface area contributed by atoms with E-state index in [0.717, 1.165) is 24.8 Å². The predicted molar refractivity (Wildman–Crippen MR) is 222 cm³/mol. The highest BCUT2D eigenvalue weighted by Gasteiger charge is 2.50. The molecule has 9 atom stereocenters. The van der Waals surface area contributed by atoms with E-state index in [1.54, 1.807) is 31.4 Å². The monoisotopic (exact) mass is 810 g/mol. The minimum absolute atomic E-state index is 0.00193. The Labute approximate surface area is 330 Å². The fourth-order valence-corrected chi connectivity index (χ4v) is 11.5. The van der Waals surface area contributed by atoms with Crippen molar-refractivity contribution in [3.05, 3.63) is 42.5 Å². The van der Waals surface area contributed by atoms with Crippen molar-refractivity contribution in [2.75, 3.05) is 26.1 Å². The molecule has 3 unspecified atom stereocenters. The molecular weight excluding hydrogens is 737 g/mol. The Hall–Kier alpha value is -0.936. The summed E-state index contributed by atoms with van der Waals surface area (Å²) in [6.45, 7) is 34.5. The van der Waals surface area contributed by atoms with Gasteiger partial charge in [0.2, 0.25) is 0 Å². The van der Waals surface area contributed by atoms with E-state index in [9.17, 15) is 8.42 Å². The molecule has 3 heterocycles. The maximum atomic E-state index is 13.9. The molecule has 0 saturated carbocycles. The highest BCUT2D eigenvalue weighted by Crippen LogP contribution is 2.43. The van der Waals surface area contributed by atoms with E-state index < -0.39 is 50.4 Å². The van der Waals surface area contributed by atoms with Gasteiger partial charge in [-0.3, -0.25) is 0 Å². The molecular formula is C42H74O9SSi2. The molecule has 310 valence electrons. The lowest BCUT2D eigenvalue weighted by molar-refractivity contribution is -0.144. The number of hydrogen-bond acceptors (Lipinski definition) is 9. The van der Waals surface area contributed by atoms with Gasteiger partial charge in [0.25, 0.3) is 0 Å². The highest BCUT2D eigenvalue weighted by molar-refractivity contribution is 7.91. The number of benzene rings is 1. The zero-order valence-electron chi connectivity index (χ0n) is 36.0. The van der Waals surface area contributed by atoms with Gasteiger partial charge in [-0.15, -0.1) is 0 Å². The number of ether oxygens (including phenoxy) is 5. The number of hydrogen-bond donors (Lipinski definition) is 0. The van der Waals surface area contributed by atoms with Crippen molar-refractivity contribution in [1.29, 1.82) is 0 Å². The summed E-state index contributed by atoms with van der Waals surface area (Å²) < 4.78 is 73.3. The zero-order valence-corrected chi connectivity index (χ0v) is 38.8. The second kappa shape index (κ2) is 17.5. The summed E-state index contributed by atoms with van der Waals surface area (Å²) in [7, 11) is -6.03. The van der Waals surface area contributed by atoms with Gasteiger partial charge in [0.15, 0.2) is 32.3 Å². The lowest BCUT2D eigenvalue weighted by Crippen LogP contribution is -2.48. The molecule has 0 aromatic heterocycles. The van der Waals surface area contributed by atoms with E-state index in [1.165, 1.54) is 0 Å². The molecule has 0 N–H and O–H groups in total. The zero-order chi connectivity index (χ0) is 40.5. The Morgan fingerprint density at radius 1 is 0.926 bits per heavy atom. The minimum Gasteiger partial charge on any atom is -0.414 e. The van der Waals surface area contributed by atoms with Crippen molar-refractivity contribution in [2.24, 2.45) is 11.8 Å². The third-order valence-corrected chi connectivity index (χ3v) is 23.8. The van der Waals surface area contributed by atoms with E-state index in [4.69, 9.17) is 32.5 Å². The van der Waals surface area contributed by atoms with E-state index >= 15 is 0 Å². The molecule has 3 saturated heterocycles. The number of rotatable bonds is 16. The largest absolute Gasteiger partial charge is 0.414 e. The van der Waals surface area contributed by atoms with Crippen molar-refractivity contribution in [3.8, 4) is 0 Å². The lowest BCUT2D eigenvalue weighted by Gasteiger charge is -2.42. The van der Waals surface area contributed by atoms with E-state index in [0.29, 0.717) is 31.0 Å². The van der Waals surface area contributed by atoms with Crippen LogP contribution in [0, 0.1) is 11.8 Å². The molecule has 12 heteroatoms. The van der Waals surface area contributed by atoms with E-state index in [-0.39, 0.29) is 52.3 Å². The average Bonchev–Trinajstić information content (AvgIpc) is 3.56. The molecule has 1 aromatic rings. The number of sulfone groups is 1. The minimum atomic E-state index is -3.63. The SMILES string of the molecule is C=C1C(C[C@@H]2O[C@H](CC3COC(C)(C)O3)[C@H](OC)[C@H]2CS(=O)(=O)c2ccccc2)O[C@@H](CCC(CO[Si](C)(C)C(C)(C)C)O[Si](C)(C)C(C)(C)C)C[C@H]1C. The fraction of sp³-hybridized carbons (Fsp3) is 0.810. The van der Waals surface area contributed by atoms with Crippen LogP contribution in [0.15, 0.2) is 47.4 Å². The van der Waals surface area contributed by atoms with Crippen molar-refractivity contribution >= 4 is 26.5 Å². The van der Waals surface area contributed by atoms with Crippen molar-refractivity contribution < 1.29 is 41.0 Å². The topological polar surface area (TPSA) is 98.8 Å². The molecule has 0 radical (unpaired) electrons. The second-order valence-electron chi connectivity index (χ2n) is 19.7. The molecule has 9 nitrogen and oxygen atoms in total. The first-order chi connectivity index (χ1) is 24.7. The summed E-state index contributed by atoms with van der Waals surface area (Å²) in [5.74, 6) is -0.943.